The first-order chi connectivity index (χ1) is 16.0. The number of rotatable bonds is 6. The van der Waals surface area contributed by atoms with Gasteiger partial charge < -0.3 is 4.74 Å². The van der Waals surface area contributed by atoms with E-state index in [0.717, 1.165) is 39.3 Å². The lowest BCUT2D eigenvalue weighted by Crippen LogP contribution is -2.48. The van der Waals surface area contributed by atoms with Crippen LogP contribution < -0.4 is 4.74 Å². The average Bonchev–Trinajstić information content (AvgIpc) is 3.32. The number of ether oxygens (including phenoxy) is 1. The Kier molecular flexibility index (Phi) is 6.16. The van der Waals surface area contributed by atoms with E-state index < -0.39 is 10.0 Å². The van der Waals surface area contributed by atoms with Crippen LogP contribution in [0.2, 0.25) is 0 Å². The summed E-state index contributed by atoms with van der Waals surface area (Å²) in [6.45, 7) is 3.03. The fourth-order valence-corrected chi connectivity index (χ4v) is 6.40. The van der Waals surface area contributed by atoms with Gasteiger partial charge in [-0.25, -0.2) is 13.4 Å². The summed E-state index contributed by atoms with van der Waals surface area (Å²) in [6, 6.07) is 21.1. The van der Waals surface area contributed by atoms with Crippen molar-refractivity contribution < 1.29 is 13.2 Å². The van der Waals surface area contributed by atoms with Gasteiger partial charge in [-0.1, -0.05) is 42.5 Å². The molecular weight excluding hydrogens is 454 g/mol. The zero-order valence-electron chi connectivity index (χ0n) is 18.3. The van der Waals surface area contributed by atoms with Crippen molar-refractivity contribution in [2.24, 2.45) is 0 Å². The zero-order chi connectivity index (χ0) is 22.8. The molecule has 1 aliphatic rings. The van der Waals surface area contributed by atoms with Crippen LogP contribution in [0, 0.1) is 0 Å². The van der Waals surface area contributed by atoms with E-state index >= 15 is 0 Å². The zero-order valence-corrected chi connectivity index (χ0v) is 20.0. The Morgan fingerprint density at radius 2 is 1.73 bits per heavy atom. The molecule has 0 radical (unpaired) electrons. The quantitative estimate of drug-likeness (QED) is 0.408. The van der Waals surface area contributed by atoms with E-state index in [0.29, 0.717) is 31.1 Å². The molecule has 0 bridgehead atoms. The fraction of sp³-hybridized carbons (Fsp3) is 0.240. The summed E-state index contributed by atoms with van der Waals surface area (Å²) < 4.78 is 33.3. The first-order valence-corrected chi connectivity index (χ1v) is 13.1. The lowest BCUT2D eigenvalue weighted by molar-refractivity contribution is 0.181. The number of aromatic nitrogens is 1. The van der Waals surface area contributed by atoms with E-state index in [-0.39, 0.29) is 0 Å². The molecule has 0 aliphatic carbocycles. The normalized spacial score (nSPS) is 15.7. The van der Waals surface area contributed by atoms with E-state index in [1.807, 2.05) is 54.6 Å². The number of hydrogen-bond acceptors (Lipinski definition) is 6. The molecule has 0 amide bonds. The average molecular weight is 480 g/mol. The van der Waals surface area contributed by atoms with Crippen LogP contribution >= 0.6 is 11.3 Å². The van der Waals surface area contributed by atoms with E-state index in [2.05, 4.69) is 10.3 Å². The van der Waals surface area contributed by atoms with Gasteiger partial charge in [0.2, 0.25) is 10.0 Å². The molecule has 0 unspecified atom stereocenters. The van der Waals surface area contributed by atoms with Gasteiger partial charge in [0.05, 0.1) is 24.2 Å². The first-order valence-electron chi connectivity index (χ1n) is 10.8. The Bertz CT molecular complexity index is 1380. The minimum absolute atomic E-state index is 0.359. The number of nitrogens with zero attached hydrogens (tertiary/aromatic N) is 3. The summed E-state index contributed by atoms with van der Waals surface area (Å²) in [5.41, 5.74) is 1.97. The molecule has 1 fully saturated rings. The lowest BCUT2D eigenvalue weighted by Gasteiger charge is -2.33. The number of methoxy groups -OCH3 is 1. The third kappa shape index (κ3) is 4.65. The number of benzene rings is 3. The molecule has 170 valence electrons. The third-order valence-corrected chi connectivity index (χ3v) is 8.69. The Hall–Kier alpha value is -2.78. The predicted octanol–water partition coefficient (Wildman–Crippen LogP) is 4.48. The van der Waals surface area contributed by atoms with Gasteiger partial charge in [-0.05, 0) is 35.0 Å². The molecule has 33 heavy (non-hydrogen) atoms. The number of piperazine rings is 1. The van der Waals surface area contributed by atoms with Crippen LogP contribution in [0.1, 0.15) is 5.01 Å². The molecule has 8 heteroatoms. The second-order valence-electron chi connectivity index (χ2n) is 8.05. The van der Waals surface area contributed by atoms with E-state index in [9.17, 15) is 8.42 Å². The predicted molar refractivity (Wildman–Crippen MR) is 132 cm³/mol. The van der Waals surface area contributed by atoms with Gasteiger partial charge in [-0.2, -0.15) is 4.31 Å². The molecule has 2 heterocycles. The minimum Gasteiger partial charge on any atom is -0.497 e. The second-order valence-corrected chi connectivity index (χ2v) is 10.9. The van der Waals surface area contributed by atoms with Crippen molar-refractivity contribution in [2.75, 3.05) is 33.3 Å². The molecular formula is C25H25N3O3S2. The summed E-state index contributed by atoms with van der Waals surface area (Å²) in [7, 11) is -1.85. The minimum atomic E-state index is -3.51. The van der Waals surface area contributed by atoms with Crippen LogP contribution in [0.4, 0.5) is 0 Å². The molecule has 1 aliphatic heterocycles. The number of hydrogen-bond donors (Lipinski definition) is 0. The molecule has 0 saturated carbocycles. The number of sulfonamides is 1. The standard InChI is InChI=1S/C25H25N3O3S2/c1-31-22-8-4-7-21(15-22)24-18-32-25(26-24)17-27-11-13-28(14-12-27)33(29,30)23-10-9-19-5-2-3-6-20(19)16-23/h2-10,15-16,18H,11-14,17H2,1H3. The van der Waals surface area contributed by atoms with E-state index in [1.54, 1.807) is 34.9 Å². The molecule has 6 nitrogen and oxygen atoms in total. The van der Waals surface area contributed by atoms with Crippen LogP contribution in [-0.2, 0) is 16.6 Å². The Morgan fingerprint density at radius 1 is 0.939 bits per heavy atom. The van der Waals surface area contributed by atoms with Crippen LogP contribution in [0.5, 0.6) is 5.75 Å². The van der Waals surface area contributed by atoms with Crippen molar-refractivity contribution in [3.8, 4) is 17.0 Å². The monoisotopic (exact) mass is 479 g/mol. The van der Waals surface area contributed by atoms with Crippen molar-refractivity contribution in [3.05, 3.63) is 77.1 Å². The van der Waals surface area contributed by atoms with Gasteiger partial charge in [0.1, 0.15) is 10.8 Å². The molecule has 0 N–H and O–H groups in total. The van der Waals surface area contributed by atoms with Crippen LogP contribution in [0.25, 0.3) is 22.0 Å². The van der Waals surface area contributed by atoms with E-state index in [4.69, 9.17) is 9.72 Å². The highest BCUT2D eigenvalue weighted by atomic mass is 32.2. The summed E-state index contributed by atoms with van der Waals surface area (Å²) in [5.74, 6) is 0.811. The van der Waals surface area contributed by atoms with Crippen LogP contribution in [0.3, 0.4) is 0 Å². The Balaban J connectivity index is 1.23. The van der Waals surface area contributed by atoms with Crippen LogP contribution in [0.15, 0.2) is 77.0 Å². The maximum Gasteiger partial charge on any atom is 0.243 e. The molecule has 3 aromatic carbocycles. The van der Waals surface area contributed by atoms with Gasteiger partial charge >= 0.3 is 0 Å². The molecule has 0 spiro atoms. The topological polar surface area (TPSA) is 62.7 Å². The third-order valence-electron chi connectivity index (χ3n) is 5.97. The van der Waals surface area contributed by atoms with Crippen molar-refractivity contribution >= 4 is 32.1 Å². The highest BCUT2D eigenvalue weighted by Gasteiger charge is 2.29. The molecule has 4 aromatic rings. The number of thiazole rings is 1. The van der Waals surface area contributed by atoms with Crippen LogP contribution in [-0.4, -0.2) is 55.9 Å². The SMILES string of the molecule is COc1cccc(-c2csc(CN3CCN(S(=O)(=O)c4ccc5ccccc5c4)CC3)n2)c1. The highest BCUT2D eigenvalue weighted by Crippen LogP contribution is 2.27. The van der Waals surface area contributed by atoms with Gasteiger partial charge in [0.25, 0.3) is 0 Å². The molecule has 1 aromatic heterocycles. The van der Waals surface area contributed by atoms with Crippen molar-refractivity contribution in [2.45, 2.75) is 11.4 Å². The maximum atomic E-state index is 13.2. The fourth-order valence-electron chi connectivity index (χ4n) is 4.09. The summed E-state index contributed by atoms with van der Waals surface area (Å²) in [4.78, 5) is 7.41. The number of fused-ring (bicyclic) bond motifs is 1. The highest BCUT2D eigenvalue weighted by molar-refractivity contribution is 7.89. The molecule has 1 saturated heterocycles. The van der Waals surface area contributed by atoms with Gasteiger partial charge in [0.15, 0.2) is 0 Å². The summed E-state index contributed by atoms with van der Waals surface area (Å²) >= 11 is 1.63. The summed E-state index contributed by atoms with van der Waals surface area (Å²) in [5, 5.41) is 5.06. The summed E-state index contributed by atoms with van der Waals surface area (Å²) in [6.07, 6.45) is 0. The van der Waals surface area contributed by atoms with Gasteiger partial charge in [0, 0.05) is 37.1 Å². The van der Waals surface area contributed by atoms with Crippen molar-refractivity contribution in [3.63, 3.8) is 0 Å². The Morgan fingerprint density at radius 3 is 2.52 bits per heavy atom. The second kappa shape index (κ2) is 9.23. The van der Waals surface area contributed by atoms with Crippen molar-refractivity contribution in [1.29, 1.82) is 0 Å². The van der Waals surface area contributed by atoms with Crippen molar-refractivity contribution in [1.82, 2.24) is 14.2 Å². The van der Waals surface area contributed by atoms with E-state index in [1.165, 1.54) is 0 Å². The Labute approximate surface area is 198 Å². The lowest BCUT2D eigenvalue weighted by atomic mass is 10.1. The maximum absolute atomic E-state index is 13.2. The smallest absolute Gasteiger partial charge is 0.243 e. The molecule has 0 atom stereocenters. The van der Waals surface area contributed by atoms with Gasteiger partial charge in [-0.3, -0.25) is 4.90 Å². The largest absolute Gasteiger partial charge is 0.497 e. The molecule has 5 rings (SSSR count). The first kappa shape index (κ1) is 22.0. The van der Waals surface area contributed by atoms with Gasteiger partial charge in [-0.15, -0.1) is 11.3 Å².